The van der Waals surface area contributed by atoms with E-state index in [-0.39, 0.29) is 0 Å². The van der Waals surface area contributed by atoms with E-state index in [9.17, 15) is 18.0 Å². The van der Waals surface area contributed by atoms with Crippen LogP contribution in [0.1, 0.15) is 10.4 Å². The van der Waals surface area contributed by atoms with Crippen molar-refractivity contribution in [3.63, 3.8) is 0 Å². The molecule has 0 radical (unpaired) electrons. The Hall–Kier alpha value is -2.46. The normalized spacial score (nSPS) is 10.0. The van der Waals surface area contributed by atoms with Crippen LogP contribution >= 0.6 is 11.8 Å². The summed E-state index contributed by atoms with van der Waals surface area (Å²) in [5.74, 6) is -5.48. The zero-order chi connectivity index (χ0) is 15.4. The molecule has 0 heterocycles. The van der Waals surface area contributed by atoms with E-state index in [1.165, 1.54) is 12.1 Å². The molecule has 2 aromatic rings. The molecule has 2 rings (SSSR count). The highest BCUT2D eigenvalue weighted by Crippen LogP contribution is 2.20. The minimum atomic E-state index is -1.69. The second-order valence-corrected chi connectivity index (χ2v) is 4.75. The lowest BCUT2D eigenvalue weighted by molar-refractivity contribution is 0.102. The van der Waals surface area contributed by atoms with Gasteiger partial charge in [-0.25, -0.2) is 13.2 Å². The van der Waals surface area contributed by atoms with Crippen molar-refractivity contribution in [3.05, 3.63) is 59.4 Å². The van der Waals surface area contributed by atoms with Gasteiger partial charge in [-0.15, -0.1) is 0 Å². The standard InChI is InChI=1S/C14H7F3N2OS/c15-11-6-5-10(12(16)13(11)17)14(20)19-8-1-3-9(4-2-8)21-7-18/h1-6H,(H,19,20). The zero-order valence-electron chi connectivity index (χ0n) is 10.4. The van der Waals surface area contributed by atoms with Crippen LogP contribution in [0.4, 0.5) is 18.9 Å². The van der Waals surface area contributed by atoms with Crippen LogP contribution in [0.3, 0.4) is 0 Å². The molecule has 0 aliphatic heterocycles. The van der Waals surface area contributed by atoms with Gasteiger partial charge in [0.1, 0.15) is 5.40 Å². The summed E-state index contributed by atoms with van der Waals surface area (Å²) in [5, 5.41) is 12.7. The summed E-state index contributed by atoms with van der Waals surface area (Å²) in [7, 11) is 0. The van der Waals surface area contributed by atoms with E-state index in [1.807, 2.05) is 5.40 Å². The molecule has 0 aromatic heterocycles. The average molecular weight is 308 g/mol. The highest BCUT2D eigenvalue weighted by molar-refractivity contribution is 8.03. The third kappa shape index (κ3) is 3.35. The Kier molecular flexibility index (Phi) is 4.50. The van der Waals surface area contributed by atoms with Gasteiger partial charge in [0.25, 0.3) is 5.91 Å². The number of anilines is 1. The highest BCUT2D eigenvalue weighted by Gasteiger charge is 2.18. The van der Waals surface area contributed by atoms with Gasteiger partial charge in [0.15, 0.2) is 17.5 Å². The molecule has 3 nitrogen and oxygen atoms in total. The summed E-state index contributed by atoms with van der Waals surface area (Å²) in [4.78, 5) is 12.5. The molecule has 2 aromatic carbocycles. The van der Waals surface area contributed by atoms with Gasteiger partial charge in [0.05, 0.1) is 5.56 Å². The van der Waals surface area contributed by atoms with Gasteiger partial charge < -0.3 is 5.32 Å². The third-order valence-corrected chi connectivity index (χ3v) is 3.15. The van der Waals surface area contributed by atoms with Gasteiger partial charge in [-0.3, -0.25) is 4.79 Å². The maximum Gasteiger partial charge on any atom is 0.258 e. The monoisotopic (exact) mass is 308 g/mol. The van der Waals surface area contributed by atoms with Gasteiger partial charge in [0.2, 0.25) is 0 Å². The van der Waals surface area contributed by atoms with E-state index in [0.717, 1.165) is 17.8 Å². The van der Waals surface area contributed by atoms with Gasteiger partial charge in [0, 0.05) is 10.6 Å². The molecule has 0 aliphatic rings. The molecule has 0 saturated heterocycles. The molecular weight excluding hydrogens is 301 g/mol. The van der Waals surface area contributed by atoms with Crippen molar-refractivity contribution in [3.8, 4) is 5.40 Å². The summed E-state index contributed by atoms with van der Waals surface area (Å²) >= 11 is 0.947. The Morgan fingerprint density at radius 2 is 1.71 bits per heavy atom. The Morgan fingerprint density at radius 1 is 1.05 bits per heavy atom. The van der Waals surface area contributed by atoms with Gasteiger partial charge >= 0.3 is 0 Å². The number of hydrogen-bond acceptors (Lipinski definition) is 3. The predicted octanol–water partition coefficient (Wildman–Crippen LogP) is 3.93. The number of thiocyanates is 1. The maximum atomic E-state index is 13.5. The quantitative estimate of drug-likeness (QED) is 0.531. The van der Waals surface area contributed by atoms with Crippen LogP contribution < -0.4 is 5.32 Å². The summed E-state index contributed by atoms with van der Waals surface area (Å²) in [6.45, 7) is 0. The number of rotatable bonds is 3. The second kappa shape index (κ2) is 6.33. The lowest BCUT2D eigenvalue weighted by Crippen LogP contribution is -2.15. The fourth-order valence-corrected chi connectivity index (χ4v) is 1.94. The molecule has 0 unspecified atom stereocenters. The van der Waals surface area contributed by atoms with E-state index >= 15 is 0 Å². The van der Waals surface area contributed by atoms with Crippen molar-refractivity contribution >= 4 is 23.4 Å². The molecule has 0 saturated carbocycles. The Labute approximate surface area is 122 Å². The van der Waals surface area contributed by atoms with Gasteiger partial charge in [-0.05, 0) is 48.2 Å². The number of thioether (sulfide) groups is 1. The van der Waals surface area contributed by atoms with Crippen LogP contribution in [0, 0.1) is 28.1 Å². The van der Waals surface area contributed by atoms with Gasteiger partial charge in [-0.1, -0.05) is 0 Å². The van der Waals surface area contributed by atoms with E-state index in [0.29, 0.717) is 16.6 Å². The van der Waals surface area contributed by atoms with Crippen molar-refractivity contribution < 1.29 is 18.0 Å². The van der Waals surface area contributed by atoms with E-state index < -0.39 is 28.9 Å². The Morgan fingerprint density at radius 3 is 2.33 bits per heavy atom. The fourth-order valence-electron chi connectivity index (χ4n) is 1.56. The van der Waals surface area contributed by atoms with Crippen LogP contribution in [-0.2, 0) is 0 Å². The molecule has 0 aliphatic carbocycles. The minimum Gasteiger partial charge on any atom is -0.322 e. The number of nitrogens with zero attached hydrogens (tertiary/aromatic N) is 1. The number of carbonyl (C=O) groups is 1. The lowest BCUT2D eigenvalue weighted by Gasteiger charge is -2.07. The first-order chi connectivity index (χ1) is 10.0. The number of nitriles is 1. The number of nitrogens with one attached hydrogen (secondary N) is 1. The number of hydrogen-bond donors (Lipinski definition) is 1. The molecule has 1 N–H and O–H groups in total. The second-order valence-electron chi connectivity index (χ2n) is 3.89. The van der Waals surface area contributed by atoms with Crippen molar-refractivity contribution in [1.29, 1.82) is 5.26 Å². The van der Waals surface area contributed by atoms with Crippen LogP contribution in [0.15, 0.2) is 41.3 Å². The minimum absolute atomic E-state index is 0.339. The molecule has 0 fully saturated rings. The highest BCUT2D eigenvalue weighted by atomic mass is 32.2. The molecule has 0 atom stereocenters. The van der Waals surface area contributed by atoms with Crippen molar-refractivity contribution in [2.24, 2.45) is 0 Å². The lowest BCUT2D eigenvalue weighted by atomic mass is 10.1. The van der Waals surface area contributed by atoms with Crippen molar-refractivity contribution in [2.75, 3.05) is 5.32 Å². The Balaban J connectivity index is 2.18. The average Bonchev–Trinajstić information content (AvgIpc) is 2.47. The first kappa shape index (κ1) is 14.9. The summed E-state index contributed by atoms with van der Waals surface area (Å²) < 4.78 is 39.3. The van der Waals surface area contributed by atoms with E-state index in [2.05, 4.69) is 5.32 Å². The molecule has 0 bridgehead atoms. The van der Waals surface area contributed by atoms with Crippen LogP contribution in [0.2, 0.25) is 0 Å². The summed E-state index contributed by atoms with van der Waals surface area (Å²) in [6.07, 6.45) is 0. The molecule has 1 amide bonds. The van der Waals surface area contributed by atoms with Gasteiger partial charge in [-0.2, -0.15) is 5.26 Å². The number of amides is 1. The number of halogens is 3. The molecule has 7 heteroatoms. The number of carbonyl (C=O) groups excluding carboxylic acids is 1. The Bertz CT molecular complexity index is 726. The van der Waals surface area contributed by atoms with Crippen LogP contribution in [-0.4, -0.2) is 5.91 Å². The number of benzene rings is 2. The van der Waals surface area contributed by atoms with Crippen LogP contribution in [0.25, 0.3) is 0 Å². The molecular formula is C14H7F3N2OS. The SMILES string of the molecule is N#CSc1ccc(NC(=O)c2ccc(F)c(F)c2F)cc1. The zero-order valence-corrected chi connectivity index (χ0v) is 11.2. The topological polar surface area (TPSA) is 52.9 Å². The third-order valence-electron chi connectivity index (χ3n) is 2.56. The first-order valence-electron chi connectivity index (χ1n) is 5.63. The predicted molar refractivity (Wildman–Crippen MR) is 72.2 cm³/mol. The molecule has 106 valence electrons. The summed E-state index contributed by atoms with van der Waals surface area (Å²) in [5.41, 5.74) is -0.254. The van der Waals surface area contributed by atoms with Crippen molar-refractivity contribution in [2.45, 2.75) is 4.90 Å². The first-order valence-corrected chi connectivity index (χ1v) is 6.45. The fraction of sp³-hybridized carbons (Fsp3) is 0. The largest absolute Gasteiger partial charge is 0.322 e. The summed E-state index contributed by atoms with van der Waals surface area (Å²) in [6, 6.07) is 7.74. The van der Waals surface area contributed by atoms with E-state index in [1.54, 1.807) is 12.1 Å². The smallest absolute Gasteiger partial charge is 0.258 e. The van der Waals surface area contributed by atoms with E-state index in [4.69, 9.17) is 5.26 Å². The molecule has 21 heavy (non-hydrogen) atoms. The maximum absolute atomic E-state index is 13.5. The van der Waals surface area contributed by atoms with Crippen molar-refractivity contribution in [1.82, 2.24) is 0 Å². The van der Waals surface area contributed by atoms with Crippen LogP contribution in [0.5, 0.6) is 0 Å². The molecule has 0 spiro atoms.